The van der Waals surface area contributed by atoms with Crippen molar-refractivity contribution in [2.24, 2.45) is 0 Å². The monoisotopic (exact) mass is 397 g/mol. The molecule has 24 heavy (non-hydrogen) atoms. The predicted octanol–water partition coefficient (Wildman–Crippen LogP) is 4.14. The highest BCUT2D eigenvalue weighted by Gasteiger charge is 2.21. The summed E-state index contributed by atoms with van der Waals surface area (Å²) < 4.78 is 37.9. The second-order valence-corrected chi connectivity index (χ2v) is 6.60. The van der Waals surface area contributed by atoms with Crippen LogP contribution in [0.25, 0.3) is 16.6 Å². The summed E-state index contributed by atoms with van der Waals surface area (Å²) in [5.41, 5.74) is 2.07. The van der Waals surface area contributed by atoms with Gasteiger partial charge in [-0.2, -0.15) is 18.9 Å². The number of hydrogen-bond acceptors (Lipinski definition) is 4. The molecule has 3 heterocycles. The van der Waals surface area contributed by atoms with Gasteiger partial charge in [0.15, 0.2) is 5.65 Å². The molecule has 0 N–H and O–H groups in total. The van der Waals surface area contributed by atoms with Gasteiger partial charge in [0, 0.05) is 29.7 Å². The minimum Gasteiger partial charge on any atom is -0.416 e. The van der Waals surface area contributed by atoms with Crippen molar-refractivity contribution in [1.82, 2.24) is 14.6 Å². The Morgan fingerprint density at radius 2 is 2.04 bits per heavy atom. The highest BCUT2D eigenvalue weighted by molar-refractivity contribution is 9.10. The van der Waals surface area contributed by atoms with Crippen LogP contribution in [0.2, 0.25) is 0 Å². The molecule has 126 valence electrons. The lowest BCUT2D eigenvalue weighted by atomic mass is 9.97. The molecule has 5 nitrogen and oxygen atoms in total. The van der Waals surface area contributed by atoms with Crippen LogP contribution in [0.15, 0.2) is 28.7 Å². The van der Waals surface area contributed by atoms with E-state index in [0.29, 0.717) is 35.7 Å². The van der Waals surface area contributed by atoms with Crippen LogP contribution in [0.5, 0.6) is 5.88 Å². The third-order valence-corrected chi connectivity index (χ3v) is 4.68. The highest BCUT2D eigenvalue weighted by Crippen LogP contribution is 2.31. The van der Waals surface area contributed by atoms with E-state index in [-0.39, 0.29) is 5.88 Å². The molecule has 0 spiro atoms. The van der Waals surface area contributed by atoms with Gasteiger partial charge in [-0.25, -0.2) is 4.52 Å². The molecule has 0 unspecified atom stereocenters. The summed E-state index contributed by atoms with van der Waals surface area (Å²) in [6.07, 6.45) is 1.79. The standard InChI is InChI=1S/C16H14BrF2N3O2/c17-10-1-2-11-13(7-10)22-14(20-15(11)24-16(18)19)8-12(21-22)9-3-5-23-6-4-9/h1-2,7-9,16H,3-6H2. The first kappa shape index (κ1) is 15.7. The zero-order valence-electron chi connectivity index (χ0n) is 12.6. The van der Waals surface area contributed by atoms with Crippen LogP contribution < -0.4 is 4.74 Å². The smallest absolute Gasteiger partial charge is 0.388 e. The lowest BCUT2D eigenvalue weighted by Crippen LogP contribution is -2.14. The molecule has 0 bridgehead atoms. The van der Waals surface area contributed by atoms with Crippen LogP contribution in [0, 0.1) is 0 Å². The molecule has 0 amide bonds. The quantitative estimate of drug-likeness (QED) is 0.666. The molecule has 1 aliphatic rings. The van der Waals surface area contributed by atoms with Gasteiger partial charge in [0.05, 0.1) is 16.6 Å². The summed E-state index contributed by atoms with van der Waals surface area (Å²) in [5, 5.41) is 5.15. The van der Waals surface area contributed by atoms with E-state index in [1.807, 2.05) is 12.1 Å². The molecular weight excluding hydrogens is 384 g/mol. The van der Waals surface area contributed by atoms with Gasteiger partial charge in [-0.15, -0.1) is 0 Å². The van der Waals surface area contributed by atoms with Gasteiger partial charge >= 0.3 is 6.61 Å². The number of benzene rings is 1. The Kier molecular flexibility index (Phi) is 4.09. The first-order chi connectivity index (χ1) is 11.6. The molecule has 0 aliphatic carbocycles. The fourth-order valence-corrected chi connectivity index (χ4v) is 3.39. The zero-order chi connectivity index (χ0) is 16.7. The molecule has 3 aromatic rings. The van der Waals surface area contributed by atoms with E-state index >= 15 is 0 Å². The molecule has 4 rings (SSSR count). The topological polar surface area (TPSA) is 48.7 Å². The van der Waals surface area contributed by atoms with Gasteiger partial charge in [0.2, 0.25) is 5.88 Å². The molecule has 8 heteroatoms. The van der Waals surface area contributed by atoms with Gasteiger partial charge in [-0.05, 0) is 31.0 Å². The maximum atomic E-state index is 12.7. The second-order valence-electron chi connectivity index (χ2n) is 5.68. The zero-order valence-corrected chi connectivity index (χ0v) is 14.2. The van der Waals surface area contributed by atoms with Gasteiger partial charge in [-0.3, -0.25) is 0 Å². The van der Waals surface area contributed by atoms with Crippen molar-refractivity contribution in [3.8, 4) is 5.88 Å². The average Bonchev–Trinajstić information content (AvgIpc) is 2.99. The first-order valence-electron chi connectivity index (χ1n) is 7.63. The molecular formula is C16H14BrF2N3O2. The molecule has 0 radical (unpaired) electrons. The van der Waals surface area contributed by atoms with Crippen LogP contribution in [0.4, 0.5) is 8.78 Å². The molecule has 1 fully saturated rings. The molecule has 1 aliphatic heterocycles. The Balaban J connectivity index is 1.90. The van der Waals surface area contributed by atoms with Crippen LogP contribution in [-0.2, 0) is 4.74 Å². The third kappa shape index (κ3) is 2.84. The van der Waals surface area contributed by atoms with E-state index in [1.165, 1.54) is 0 Å². The molecule has 0 saturated carbocycles. The van der Waals surface area contributed by atoms with Crippen molar-refractivity contribution < 1.29 is 18.3 Å². The van der Waals surface area contributed by atoms with Gasteiger partial charge < -0.3 is 9.47 Å². The first-order valence-corrected chi connectivity index (χ1v) is 8.42. The van der Waals surface area contributed by atoms with Gasteiger partial charge in [0.25, 0.3) is 0 Å². The lowest BCUT2D eigenvalue weighted by molar-refractivity contribution is -0.0515. The summed E-state index contributed by atoms with van der Waals surface area (Å²) >= 11 is 3.41. The Hall–Kier alpha value is -1.80. The SMILES string of the molecule is FC(F)Oc1nc2cc(C3CCOCC3)nn2c2cc(Br)ccc12. The summed E-state index contributed by atoms with van der Waals surface area (Å²) in [6.45, 7) is -1.51. The van der Waals surface area contributed by atoms with Crippen molar-refractivity contribution in [1.29, 1.82) is 0 Å². The number of ether oxygens (including phenoxy) is 2. The molecule has 1 aromatic carbocycles. The number of nitrogens with zero attached hydrogens (tertiary/aromatic N) is 3. The number of alkyl halides is 2. The van der Waals surface area contributed by atoms with Crippen LogP contribution in [-0.4, -0.2) is 34.4 Å². The maximum absolute atomic E-state index is 12.7. The minimum absolute atomic E-state index is 0.0848. The summed E-state index contributed by atoms with van der Waals surface area (Å²) in [6, 6.07) is 7.12. The predicted molar refractivity (Wildman–Crippen MR) is 87.6 cm³/mol. The normalized spacial score (nSPS) is 16.3. The number of fused-ring (bicyclic) bond motifs is 3. The third-order valence-electron chi connectivity index (χ3n) is 4.18. The Labute approximate surface area is 144 Å². The van der Waals surface area contributed by atoms with E-state index in [1.54, 1.807) is 16.6 Å². The summed E-state index contributed by atoms with van der Waals surface area (Å²) in [7, 11) is 0. The van der Waals surface area contributed by atoms with Gasteiger partial charge in [-0.1, -0.05) is 15.9 Å². The number of halogens is 3. The van der Waals surface area contributed by atoms with E-state index in [2.05, 4.69) is 30.7 Å². The molecule has 2 aromatic heterocycles. The largest absolute Gasteiger partial charge is 0.416 e. The van der Waals surface area contributed by atoms with Crippen LogP contribution in [0.1, 0.15) is 24.5 Å². The van der Waals surface area contributed by atoms with Gasteiger partial charge in [0.1, 0.15) is 0 Å². The lowest BCUT2D eigenvalue weighted by Gasteiger charge is -2.19. The van der Waals surface area contributed by atoms with Crippen molar-refractivity contribution in [3.05, 3.63) is 34.4 Å². The highest BCUT2D eigenvalue weighted by atomic mass is 79.9. The van der Waals surface area contributed by atoms with Crippen molar-refractivity contribution in [2.45, 2.75) is 25.4 Å². The summed E-state index contributed by atoms with van der Waals surface area (Å²) in [4.78, 5) is 4.24. The van der Waals surface area contributed by atoms with Crippen LogP contribution in [0.3, 0.4) is 0 Å². The number of aromatic nitrogens is 3. The minimum atomic E-state index is -2.93. The second kappa shape index (κ2) is 6.25. The fourth-order valence-electron chi connectivity index (χ4n) is 3.04. The Bertz CT molecular complexity index is 894. The van der Waals surface area contributed by atoms with E-state index in [4.69, 9.17) is 4.74 Å². The fraction of sp³-hybridized carbons (Fsp3) is 0.375. The average molecular weight is 398 g/mol. The van der Waals surface area contributed by atoms with Crippen molar-refractivity contribution in [3.63, 3.8) is 0 Å². The maximum Gasteiger partial charge on any atom is 0.388 e. The van der Waals surface area contributed by atoms with Crippen LogP contribution >= 0.6 is 15.9 Å². The summed E-state index contributed by atoms with van der Waals surface area (Å²) in [5.74, 6) is 0.209. The van der Waals surface area contributed by atoms with E-state index in [9.17, 15) is 8.78 Å². The number of rotatable bonds is 3. The Morgan fingerprint density at radius 3 is 2.79 bits per heavy atom. The van der Waals surface area contributed by atoms with Crippen molar-refractivity contribution in [2.75, 3.05) is 13.2 Å². The van der Waals surface area contributed by atoms with Crippen molar-refractivity contribution >= 4 is 32.5 Å². The molecule has 1 saturated heterocycles. The number of hydrogen-bond donors (Lipinski definition) is 0. The van der Waals surface area contributed by atoms with E-state index in [0.717, 1.165) is 23.0 Å². The molecule has 0 atom stereocenters. The Morgan fingerprint density at radius 1 is 1.25 bits per heavy atom. The van der Waals surface area contributed by atoms with E-state index < -0.39 is 6.61 Å².